The Kier molecular flexibility index (Phi) is 4.94. The summed E-state index contributed by atoms with van der Waals surface area (Å²) in [6.07, 6.45) is 0.384. The minimum Gasteiger partial charge on any atom is -0.310 e. The van der Waals surface area contributed by atoms with Crippen LogP contribution >= 0.6 is 22.9 Å². The van der Waals surface area contributed by atoms with Gasteiger partial charge in [0.2, 0.25) is 0 Å². The van der Waals surface area contributed by atoms with Gasteiger partial charge in [-0.2, -0.15) is 0 Å². The van der Waals surface area contributed by atoms with E-state index in [9.17, 15) is 14.9 Å². The van der Waals surface area contributed by atoms with Gasteiger partial charge in [0.25, 0.3) is 11.2 Å². The van der Waals surface area contributed by atoms with Gasteiger partial charge in [0, 0.05) is 34.0 Å². The fraction of sp³-hybridized carbons (Fsp3) is 0.143. The summed E-state index contributed by atoms with van der Waals surface area (Å²) in [6.45, 7) is 3.90. The van der Waals surface area contributed by atoms with Gasteiger partial charge in [0.1, 0.15) is 10.7 Å². The third kappa shape index (κ3) is 3.66. The van der Waals surface area contributed by atoms with Crippen molar-refractivity contribution in [3.63, 3.8) is 0 Å². The minimum absolute atomic E-state index is 0.0300. The van der Waals surface area contributed by atoms with Gasteiger partial charge in [-0.3, -0.25) is 14.9 Å². The highest BCUT2D eigenvalue weighted by Gasteiger charge is 2.17. The summed E-state index contributed by atoms with van der Waals surface area (Å²) in [5, 5.41) is 12.0. The Morgan fingerprint density at radius 1 is 1.17 bits per heavy atom. The zero-order chi connectivity index (χ0) is 20.7. The number of H-pyrrole nitrogens is 1. The molecule has 29 heavy (non-hydrogen) atoms. The third-order valence-electron chi connectivity index (χ3n) is 4.75. The molecule has 0 saturated heterocycles. The van der Waals surface area contributed by atoms with Gasteiger partial charge in [-0.25, -0.2) is 4.98 Å². The number of benzene rings is 2. The Hall–Kier alpha value is -3.03. The molecule has 2 heterocycles. The molecule has 6 nitrogen and oxygen atoms in total. The van der Waals surface area contributed by atoms with Crippen molar-refractivity contribution < 1.29 is 4.92 Å². The highest BCUT2D eigenvalue weighted by Crippen LogP contribution is 2.36. The number of aromatic amines is 1. The maximum atomic E-state index is 12.9. The van der Waals surface area contributed by atoms with Crippen LogP contribution in [-0.4, -0.2) is 14.9 Å². The van der Waals surface area contributed by atoms with Crippen LogP contribution in [0.3, 0.4) is 0 Å². The average Bonchev–Trinajstić information content (AvgIpc) is 3.01. The summed E-state index contributed by atoms with van der Waals surface area (Å²) in [4.78, 5) is 32.4. The molecular weight excluding hydrogens is 410 g/mol. The number of non-ortho nitro benzene ring substituents is 1. The van der Waals surface area contributed by atoms with E-state index in [2.05, 4.69) is 9.97 Å². The van der Waals surface area contributed by atoms with Crippen molar-refractivity contribution in [3.05, 3.63) is 89.8 Å². The number of nitro groups is 1. The number of rotatable bonds is 4. The number of nitrogens with one attached hydrogen (secondary N) is 1. The normalized spacial score (nSPS) is 11.1. The van der Waals surface area contributed by atoms with Crippen LogP contribution in [0.25, 0.3) is 21.3 Å². The fourth-order valence-corrected chi connectivity index (χ4v) is 4.51. The Morgan fingerprint density at radius 3 is 2.55 bits per heavy atom. The predicted octanol–water partition coefficient (Wildman–Crippen LogP) is 5.42. The van der Waals surface area contributed by atoms with Crippen LogP contribution in [-0.2, 0) is 6.42 Å². The second-order valence-corrected chi connectivity index (χ2v) is 8.40. The number of hydrogen-bond acceptors (Lipinski definition) is 5. The molecule has 0 atom stereocenters. The molecule has 0 bridgehead atoms. The van der Waals surface area contributed by atoms with Crippen molar-refractivity contribution in [2.75, 3.05) is 0 Å². The van der Waals surface area contributed by atoms with Crippen molar-refractivity contribution in [2.24, 2.45) is 0 Å². The van der Waals surface area contributed by atoms with Gasteiger partial charge < -0.3 is 4.98 Å². The van der Waals surface area contributed by atoms with Crippen LogP contribution in [0.15, 0.2) is 47.3 Å². The molecule has 1 N–H and O–H groups in total. The lowest BCUT2D eigenvalue weighted by molar-refractivity contribution is -0.384. The second-order valence-electron chi connectivity index (χ2n) is 6.79. The largest absolute Gasteiger partial charge is 0.310 e. The number of fused-ring (bicyclic) bond motifs is 1. The third-order valence-corrected chi connectivity index (χ3v) is 6.18. The van der Waals surface area contributed by atoms with E-state index >= 15 is 0 Å². The SMILES string of the molecule is Cc1cc(-c2c(C)sc3nc(Cc4ccc([N+](=O)[O-])cc4)[nH]c(=O)c23)ccc1Cl. The smallest absolute Gasteiger partial charge is 0.269 e. The topological polar surface area (TPSA) is 88.9 Å². The number of aromatic nitrogens is 2. The molecule has 4 rings (SSSR count). The quantitative estimate of drug-likeness (QED) is 0.349. The lowest BCUT2D eigenvalue weighted by Crippen LogP contribution is -2.11. The molecule has 2 aromatic carbocycles. The van der Waals surface area contributed by atoms with Gasteiger partial charge in [-0.05, 0) is 42.7 Å². The van der Waals surface area contributed by atoms with Crippen molar-refractivity contribution in [1.29, 1.82) is 0 Å². The number of nitro benzene ring substituents is 1. The van der Waals surface area contributed by atoms with Crippen molar-refractivity contribution in [3.8, 4) is 11.1 Å². The number of nitrogens with zero attached hydrogens (tertiary/aromatic N) is 2. The summed E-state index contributed by atoms with van der Waals surface area (Å²) in [7, 11) is 0. The molecule has 2 aromatic heterocycles. The molecule has 0 unspecified atom stereocenters. The van der Waals surface area contributed by atoms with Gasteiger partial charge >= 0.3 is 0 Å². The second kappa shape index (κ2) is 7.42. The molecule has 0 radical (unpaired) electrons. The van der Waals surface area contributed by atoms with Crippen LogP contribution in [0.1, 0.15) is 21.8 Å². The summed E-state index contributed by atoms with van der Waals surface area (Å²) < 4.78 is 0. The van der Waals surface area contributed by atoms with Crippen molar-refractivity contribution >= 4 is 38.8 Å². The lowest BCUT2D eigenvalue weighted by atomic mass is 10.0. The van der Waals surface area contributed by atoms with Crippen molar-refractivity contribution in [1.82, 2.24) is 9.97 Å². The number of halogens is 1. The minimum atomic E-state index is -0.440. The Morgan fingerprint density at radius 2 is 1.90 bits per heavy atom. The van der Waals surface area contributed by atoms with E-state index in [1.165, 1.54) is 23.5 Å². The molecule has 0 fully saturated rings. The van der Waals surface area contributed by atoms with E-state index in [0.717, 1.165) is 27.1 Å². The van der Waals surface area contributed by atoms with Gasteiger partial charge in [-0.15, -0.1) is 11.3 Å². The van der Waals surface area contributed by atoms with Crippen LogP contribution in [0.4, 0.5) is 5.69 Å². The molecular formula is C21H16ClN3O3S. The van der Waals surface area contributed by atoms with E-state index in [4.69, 9.17) is 11.6 Å². The molecule has 0 aliphatic carbocycles. The predicted molar refractivity (Wildman–Crippen MR) is 116 cm³/mol. The molecule has 146 valence electrons. The molecule has 0 aliphatic rings. The zero-order valence-corrected chi connectivity index (χ0v) is 17.2. The average molecular weight is 426 g/mol. The van der Waals surface area contributed by atoms with Crippen LogP contribution in [0.5, 0.6) is 0 Å². The Labute approximate surface area is 175 Å². The van der Waals surface area contributed by atoms with E-state index in [1.807, 2.05) is 32.0 Å². The van der Waals surface area contributed by atoms with Crippen LogP contribution in [0, 0.1) is 24.0 Å². The summed E-state index contributed by atoms with van der Waals surface area (Å²) in [5.74, 6) is 0.524. The fourth-order valence-electron chi connectivity index (χ4n) is 3.32. The Bertz CT molecular complexity index is 1310. The van der Waals surface area contributed by atoms with Crippen LogP contribution < -0.4 is 5.56 Å². The first-order valence-corrected chi connectivity index (χ1v) is 10.0. The molecule has 4 aromatic rings. The maximum Gasteiger partial charge on any atom is 0.269 e. The van der Waals surface area contributed by atoms with E-state index in [1.54, 1.807) is 12.1 Å². The summed E-state index contributed by atoms with van der Waals surface area (Å²) in [5.41, 5.74) is 3.43. The van der Waals surface area contributed by atoms with Crippen molar-refractivity contribution in [2.45, 2.75) is 20.3 Å². The zero-order valence-electron chi connectivity index (χ0n) is 15.7. The maximum absolute atomic E-state index is 12.9. The lowest BCUT2D eigenvalue weighted by Gasteiger charge is -2.05. The molecule has 8 heteroatoms. The van der Waals surface area contributed by atoms with Gasteiger partial charge in [0.05, 0.1) is 10.3 Å². The van der Waals surface area contributed by atoms with Gasteiger partial charge in [-0.1, -0.05) is 29.8 Å². The molecule has 0 aliphatic heterocycles. The van der Waals surface area contributed by atoms with Crippen LogP contribution in [0.2, 0.25) is 5.02 Å². The summed E-state index contributed by atoms with van der Waals surface area (Å²) >= 11 is 7.62. The summed E-state index contributed by atoms with van der Waals surface area (Å²) in [6, 6.07) is 12.0. The highest BCUT2D eigenvalue weighted by atomic mass is 35.5. The number of thiophene rings is 1. The first-order chi connectivity index (χ1) is 13.8. The standard InChI is InChI=1S/C21H16ClN3O3S/c1-11-9-14(5-8-16(11)22)18-12(2)29-21-19(18)20(26)23-17(24-21)10-13-3-6-15(7-4-13)25(27)28/h3-9H,10H2,1-2H3,(H,23,24,26). The molecule has 0 amide bonds. The first-order valence-electron chi connectivity index (χ1n) is 8.85. The van der Waals surface area contributed by atoms with E-state index < -0.39 is 4.92 Å². The highest BCUT2D eigenvalue weighted by molar-refractivity contribution is 7.19. The van der Waals surface area contributed by atoms with E-state index in [0.29, 0.717) is 27.5 Å². The van der Waals surface area contributed by atoms with E-state index in [-0.39, 0.29) is 11.2 Å². The van der Waals surface area contributed by atoms with Gasteiger partial charge in [0.15, 0.2) is 0 Å². The number of hydrogen-bond donors (Lipinski definition) is 1. The Balaban J connectivity index is 1.76. The monoisotopic (exact) mass is 425 g/mol. The molecule has 0 spiro atoms. The number of aryl methyl sites for hydroxylation is 2. The molecule has 0 saturated carbocycles. The first kappa shape index (κ1) is 19.3.